The highest BCUT2D eigenvalue weighted by molar-refractivity contribution is 5.92. The van der Waals surface area contributed by atoms with Gasteiger partial charge in [0.25, 0.3) is 0 Å². The molecule has 0 aliphatic carbocycles. The van der Waals surface area contributed by atoms with Crippen LogP contribution in [0.3, 0.4) is 0 Å². The van der Waals surface area contributed by atoms with Crippen LogP contribution in [0.5, 0.6) is 5.75 Å². The van der Waals surface area contributed by atoms with E-state index in [9.17, 15) is 4.79 Å². The normalized spacial score (nSPS) is 10.8. The third kappa shape index (κ3) is 4.57. The second-order valence-corrected chi connectivity index (χ2v) is 5.42. The Morgan fingerprint density at radius 2 is 1.84 bits per heavy atom. The zero-order chi connectivity index (χ0) is 17.5. The van der Waals surface area contributed by atoms with Gasteiger partial charge in [0.15, 0.2) is 5.76 Å². The van der Waals surface area contributed by atoms with Crippen LogP contribution in [0.15, 0.2) is 76.2 Å². The lowest BCUT2D eigenvalue weighted by atomic mass is 10.1. The lowest BCUT2D eigenvalue weighted by Crippen LogP contribution is -2.16. The number of hydrogen-bond donors (Lipinski definition) is 1. The number of carbonyl (C=O) groups is 1. The van der Waals surface area contributed by atoms with Gasteiger partial charge in [-0.3, -0.25) is 4.79 Å². The van der Waals surface area contributed by atoms with Crippen molar-refractivity contribution in [3.05, 3.63) is 89.4 Å². The van der Waals surface area contributed by atoms with Gasteiger partial charge >= 0.3 is 5.91 Å². The Bertz CT molecular complexity index is 869. The van der Waals surface area contributed by atoms with E-state index in [4.69, 9.17) is 9.15 Å². The molecule has 0 saturated heterocycles. The standard InChI is InChI=1S/C20H18N2O3/c1-15-7-5-6-8-16(15)13-21-22-20(23)19-12-11-18(25-19)14-24-17-9-3-2-4-10-17/h2-13H,14H2,1H3,(H,22,23)/b21-13-. The zero-order valence-corrected chi connectivity index (χ0v) is 13.8. The van der Waals surface area contributed by atoms with Crippen LogP contribution >= 0.6 is 0 Å². The quantitative estimate of drug-likeness (QED) is 0.549. The van der Waals surface area contributed by atoms with E-state index in [1.165, 1.54) is 0 Å². The van der Waals surface area contributed by atoms with Gasteiger partial charge in [0.2, 0.25) is 0 Å². The first-order valence-electron chi connectivity index (χ1n) is 7.88. The molecule has 0 radical (unpaired) electrons. The number of nitrogens with zero attached hydrogens (tertiary/aromatic N) is 1. The molecule has 126 valence electrons. The van der Waals surface area contributed by atoms with Gasteiger partial charge in [0.05, 0.1) is 6.21 Å². The Kier molecular flexibility index (Phi) is 5.26. The molecule has 0 atom stereocenters. The molecule has 0 aliphatic rings. The summed E-state index contributed by atoms with van der Waals surface area (Å²) in [5, 5.41) is 3.97. The molecule has 5 nitrogen and oxygen atoms in total. The summed E-state index contributed by atoms with van der Waals surface area (Å²) in [6.45, 7) is 2.23. The predicted molar refractivity (Wildman–Crippen MR) is 95.7 cm³/mol. The van der Waals surface area contributed by atoms with Gasteiger partial charge in [0, 0.05) is 0 Å². The van der Waals surface area contributed by atoms with Gasteiger partial charge in [-0.1, -0.05) is 42.5 Å². The van der Waals surface area contributed by atoms with Gasteiger partial charge in [0.1, 0.15) is 18.1 Å². The number of aryl methyl sites for hydroxylation is 1. The molecule has 1 aromatic heterocycles. The summed E-state index contributed by atoms with van der Waals surface area (Å²) in [4.78, 5) is 12.0. The summed E-state index contributed by atoms with van der Waals surface area (Å²) in [6, 6.07) is 20.5. The van der Waals surface area contributed by atoms with E-state index in [2.05, 4.69) is 10.5 Å². The Morgan fingerprint density at radius 3 is 2.64 bits per heavy atom. The van der Waals surface area contributed by atoms with Gasteiger partial charge in [-0.2, -0.15) is 5.10 Å². The van der Waals surface area contributed by atoms with E-state index >= 15 is 0 Å². The highest BCUT2D eigenvalue weighted by atomic mass is 16.5. The number of benzene rings is 2. The summed E-state index contributed by atoms with van der Waals surface area (Å²) in [6.07, 6.45) is 1.61. The molecular weight excluding hydrogens is 316 g/mol. The summed E-state index contributed by atoms with van der Waals surface area (Å²) < 4.78 is 11.1. The summed E-state index contributed by atoms with van der Waals surface area (Å²) in [7, 11) is 0. The van der Waals surface area contributed by atoms with Gasteiger partial charge in [-0.15, -0.1) is 0 Å². The number of hydrazone groups is 1. The number of para-hydroxylation sites is 1. The first-order valence-corrected chi connectivity index (χ1v) is 7.88. The van der Waals surface area contributed by atoms with Crippen molar-refractivity contribution >= 4 is 12.1 Å². The summed E-state index contributed by atoms with van der Waals surface area (Å²) in [5.41, 5.74) is 4.48. The SMILES string of the molecule is Cc1ccccc1/C=N\NC(=O)c1ccc(COc2ccccc2)o1. The Morgan fingerprint density at radius 1 is 1.08 bits per heavy atom. The van der Waals surface area contributed by atoms with Crippen molar-refractivity contribution in [1.29, 1.82) is 0 Å². The van der Waals surface area contributed by atoms with Crippen LogP contribution in [0.1, 0.15) is 27.4 Å². The number of rotatable bonds is 6. The largest absolute Gasteiger partial charge is 0.486 e. The number of nitrogens with one attached hydrogen (secondary N) is 1. The maximum atomic E-state index is 12.0. The van der Waals surface area contributed by atoms with E-state index in [-0.39, 0.29) is 12.4 Å². The van der Waals surface area contributed by atoms with E-state index in [0.717, 1.165) is 16.9 Å². The molecule has 25 heavy (non-hydrogen) atoms. The van der Waals surface area contributed by atoms with Crippen molar-refractivity contribution < 1.29 is 13.9 Å². The molecule has 2 aromatic carbocycles. The number of ether oxygens (including phenoxy) is 1. The topological polar surface area (TPSA) is 63.8 Å². The van der Waals surface area contributed by atoms with Crippen LogP contribution in [0, 0.1) is 6.92 Å². The van der Waals surface area contributed by atoms with E-state index < -0.39 is 5.91 Å². The van der Waals surface area contributed by atoms with E-state index in [1.807, 2.05) is 61.5 Å². The molecule has 0 unspecified atom stereocenters. The van der Waals surface area contributed by atoms with Crippen LogP contribution in [0.2, 0.25) is 0 Å². The third-order valence-electron chi connectivity index (χ3n) is 3.57. The van der Waals surface area contributed by atoms with Gasteiger partial charge < -0.3 is 9.15 Å². The van der Waals surface area contributed by atoms with Crippen LogP contribution in [-0.4, -0.2) is 12.1 Å². The highest BCUT2D eigenvalue weighted by Crippen LogP contribution is 2.14. The fraction of sp³-hybridized carbons (Fsp3) is 0.100. The average molecular weight is 334 g/mol. The highest BCUT2D eigenvalue weighted by Gasteiger charge is 2.10. The van der Waals surface area contributed by atoms with Crippen molar-refractivity contribution in [3.8, 4) is 5.75 Å². The Balaban J connectivity index is 1.54. The Labute approximate surface area is 145 Å². The molecule has 3 rings (SSSR count). The van der Waals surface area contributed by atoms with E-state index in [1.54, 1.807) is 18.3 Å². The van der Waals surface area contributed by atoms with Crippen molar-refractivity contribution in [2.24, 2.45) is 5.10 Å². The second-order valence-electron chi connectivity index (χ2n) is 5.42. The monoisotopic (exact) mass is 334 g/mol. The number of amides is 1. The number of hydrogen-bond acceptors (Lipinski definition) is 4. The molecule has 0 spiro atoms. The average Bonchev–Trinajstić information content (AvgIpc) is 3.11. The Hall–Kier alpha value is -3.34. The van der Waals surface area contributed by atoms with Crippen LogP contribution < -0.4 is 10.2 Å². The molecule has 1 amide bonds. The predicted octanol–water partition coefficient (Wildman–Crippen LogP) is 3.93. The molecule has 0 saturated carbocycles. The molecule has 1 N–H and O–H groups in total. The summed E-state index contributed by atoms with van der Waals surface area (Å²) >= 11 is 0. The third-order valence-corrected chi connectivity index (χ3v) is 3.57. The minimum atomic E-state index is -0.407. The van der Waals surface area contributed by atoms with Gasteiger partial charge in [-0.25, -0.2) is 5.43 Å². The lowest BCUT2D eigenvalue weighted by molar-refractivity contribution is 0.0923. The second kappa shape index (κ2) is 7.97. The molecule has 3 aromatic rings. The fourth-order valence-corrected chi connectivity index (χ4v) is 2.20. The molecule has 0 aliphatic heterocycles. The summed E-state index contributed by atoms with van der Waals surface area (Å²) in [5.74, 6) is 1.09. The molecule has 0 fully saturated rings. The van der Waals surface area contributed by atoms with Crippen LogP contribution in [0.25, 0.3) is 0 Å². The van der Waals surface area contributed by atoms with Crippen molar-refractivity contribution in [3.63, 3.8) is 0 Å². The van der Waals surface area contributed by atoms with Gasteiger partial charge in [-0.05, 0) is 42.3 Å². The van der Waals surface area contributed by atoms with Crippen LogP contribution in [-0.2, 0) is 6.61 Å². The number of furan rings is 1. The van der Waals surface area contributed by atoms with Crippen molar-refractivity contribution in [1.82, 2.24) is 5.43 Å². The first kappa shape index (κ1) is 16.5. The molecule has 1 heterocycles. The van der Waals surface area contributed by atoms with Crippen molar-refractivity contribution in [2.45, 2.75) is 13.5 Å². The smallest absolute Gasteiger partial charge is 0.307 e. The van der Waals surface area contributed by atoms with E-state index in [0.29, 0.717) is 5.76 Å². The fourth-order valence-electron chi connectivity index (χ4n) is 2.20. The minimum Gasteiger partial charge on any atom is -0.486 e. The van der Waals surface area contributed by atoms with Crippen molar-refractivity contribution in [2.75, 3.05) is 0 Å². The molecule has 0 bridgehead atoms. The van der Waals surface area contributed by atoms with Crippen LogP contribution in [0.4, 0.5) is 0 Å². The zero-order valence-electron chi connectivity index (χ0n) is 13.8. The minimum absolute atomic E-state index is 0.189. The number of carbonyl (C=O) groups excluding carboxylic acids is 1. The first-order chi connectivity index (χ1) is 12.2. The maximum absolute atomic E-state index is 12.0. The molecule has 5 heteroatoms. The lowest BCUT2D eigenvalue weighted by Gasteiger charge is -2.03. The maximum Gasteiger partial charge on any atom is 0.307 e. The molecular formula is C20H18N2O3.